The summed E-state index contributed by atoms with van der Waals surface area (Å²) in [5.41, 5.74) is 2.80. The minimum Gasteiger partial charge on any atom is -0.378 e. The van der Waals surface area contributed by atoms with Crippen molar-refractivity contribution in [3.8, 4) is 0 Å². The first-order valence-electron chi connectivity index (χ1n) is 7.69. The van der Waals surface area contributed by atoms with Crippen molar-refractivity contribution >= 4 is 0 Å². The second-order valence-corrected chi connectivity index (χ2v) is 5.61. The van der Waals surface area contributed by atoms with E-state index >= 15 is 0 Å². The standard InChI is InChI=1S/C17H27NO/c1-4-14-6-8-15(9-7-14)13(3)18-16-10-11-19-17(5-2)12-16/h6-9,13,16-18H,4-5,10-12H2,1-3H3. The molecule has 19 heavy (non-hydrogen) atoms. The van der Waals surface area contributed by atoms with Gasteiger partial charge in [-0.25, -0.2) is 0 Å². The van der Waals surface area contributed by atoms with Gasteiger partial charge in [0, 0.05) is 18.7 Å². The van der Waals surface area contributed by atoms with E-state index in [0.717, 1.165) is 32.3 Å². The molecule has 0 amide bonds. The molecule has 1 aromatic carbocycles. The van der Waals surface area contributed by atoms with Gasteiger partial charge in [-0.3, -0.25) is 0 Å². The quantitative estimate of drug-likeness (QED) is 0.869. The fourth-order valence-electron chi connectivity index (χ4n) is 2.81. The number of ether oxygens (including phenoxy) is 1. The largest absolute Gasteiger partial charge is 0.378 e. The third-order valence-corrected chi connectivity index (χ3v) is 4.20. The first-order chi connectivity index (χ1) is 9.22. The number of aryl methyl sites for hydroxylation is 1. The Morgan fingerprint density at radius 2 is 2.00 bits per heavy atom. The van der Waals surface area contributed by atoms with Gasteiger partial charge in [0.15, 0.2) is 0 Å². The van der Waals surface area contributed by atoms with Crippen LogP contribution in [0.3, 0.4) is 0 Å². The summed E-state index contributed by atoms with van der Waals surface area (Å²) in [4.78, 5) is 0. The van der Waals surface area contributed by atoms with E-state index in [2.05, 4.69) is 50.4 Å². The highest BCUT2D eigenvalue weighted by Crippen LogP contribution is 2.20. The first-order valence-corrected chi connectivity index (χ1v) is 7.69. The maximum Gasteiger partial charge on any atom is 0.0587 e. The fourth-order valence-corrected chi connectivity index (χ4v) is 2.81. The molecule has 2 rings (SSSR count). The number of benzene rings is 1. The Morgan fingerprint density at radius 3 is 2.63 bits per heavy atom. The summed E-state index contributed by atoms with van der Waals surface area (Å²) in [6.45, 7) is 7.57. The average molecular weight is 261 g/mol. The zero-order valence-electron chi connectivity index (χ0n) is 12.5. The summed E-state index contributed by atoms with van der Waals surface area (Å²) in [6, 6.07) is 10.0. The molecule has 1 N–H and O–H groups in total. The van der Waals surface area contributed by atoms with Gasteiger partial charge < -0.3 is 10.1 Å². The maximum atomic E-state index is 5.73. The van der Waals surface area contributed by atoms with Gasteiger partial charge in [-0.1, -0.05) is 38.1 Å². The number of hydrogen-bond donors (Lipinski definition) is 1. The molecule has 1 fully saturated rings. The van der Waals surface area contributed by atoms with Crippen molar-refractivity contribution in [1.82, 2.24) is 5.32 Å². The average Bonchev–Trinajstić information content (AvgIpc) is 2.47. The predicted molar refractivity (Wildman–Crippen MR) is 80.4 cm³/mol. The molecule has 0 bridgehead atoms. The molecule has 0 spiro atoms. The Morgan fingerprint density at radius 1 is 1.26 bits per heavy atom. The van der Waals surface area contributed by atoms with E-state index in [1.54, 1.807) is 0 Å². The van der Waals surface area contributed by atoms with Gasteiger partial charge in [0.05, 0.1) is 6.10 Å². The van der Waals surface area contributed by atoms with E-state index in [9.17, 15) is 0 Å². The van der Waals surface area contributed by atoms with E-state index < -0.39 is 0 Å². The smallest absolute Gasteiger partial charge is 0.0587 e. The normalized spacial score (nSPS) is 25.2. The lowest BCUT2D eigenvalue weighted by Gasteiger charge is -2.32. The van der Waals surface area contributed by atoms with Crippen LogP contribution in [-0.2, 0) is 11.2 Å². The van der Waals surface area contributed by atoms with E-state index in [-0.39, 0.29) is 0 Å². The Kier molecular flexibility index (Phi) is 5.41. The van der Waals surface area contributed by atoms with Gasteiger partial charge in [-0.15, -0.1) is 0 Å². The van der Waals surface area contributed by atoms with Crippen LogP contribution in [0.4, 0.5) is 0 Å². The lowest BCUT2D eigenvalue weighted by atomic mass is 9.98. The summed E-state index contributed by atoms with van der Waals surface area (Å²) < 4.78 is 5.73. The molecule has 0 saturated carbocycles. The predicted octanol–water partition coefficient (Wildman–Crippen LogP) is 3.86. The SMILES string of the molecule is CCc1ccc(C(C)NC2CCOC(CC)C2)cc1. The molecule has 1 aliphatic heterocycles. The number of nitrogens with one attached hydrogen (secondary N) is 1. The molecule has 1 saturated heterocycles. The van der Waals surface area contributed by atoms with Gasteiger partial charge in [-0.2, -0.15) is 0 Å². The molecule has 0 aromatic heterocycles. The third kappa shape index (κ3) is 4.05. The molecule has 2 heteroatoms. The van der Waals surface area contributed by atoms with Crippen LogP contribution in [-0.4, -0.2) is 18.8 Å². The summed E-state index contributed by atoms with van der Waals surface area (Å²) in [7, 11) is 0. The number of hydrogen-bond acceptors (Lipinski definition) is 2. The molecule has 0 aliphatic carbocycles. The summed E-state index contributed by atoms with van der Waals surface area (Å²) in [6.07, 6.45) is 4.96. The molecule has 3 atom stereocenters. The van der Waals surface area contributed by atoms with Crippen molar-refractivity contribution in [2.24, 2.45) is 0 Å². The minimum absolute atomic E-state index is 0.423. The highest BCUT2D eigenvalue weighted by atomic mass is 16.5. The molecular weight excluding hydrogens is 234 g/mol. The molecule has 106 valence electrons. The van der Waals surface area contributed by atoms with Gasteiger partial charge in [0.2, 0.25) is 0 Å². The minimum atomic E-state index is 0.423. The topological polar surface area (TPSA) is 21.3 Å². The van der Waals surface area contributed by atoms with Crippen LogP contribution in [0.25, 0.3) is 0 Å². The Bertz CT molecular complexity index is 373. The Balaban J connectivity index is 1.90. The van der Waals surface area contributed by atoms with Crippen LogP contribution in [0.2, 0.25) is 0 Å². The second kappa shape index (κ2) is 7.06. The van der Waals surface area contributed by atoms with Crippen molar-refractivity contribution in [3.63, 3.8) is 0 Å². The molecule has 2 nitrogen and oxygen atoms in total. The molecule has 1 aromatic rings. The Hall–Kier alpha value is -0.860. The molecule has 3 unspecified atom stereocenters. The summed E-state index contributed by atoms with van der Waals surface area (Å²) in [5, 5.41) is 3.76. The van der Waals surface area contributed by atoms with Crippen molar-refractivity contribution in [2.45, 2.75) is 64.6 Å². The van der Waals surface area contributed by atoms with E-state index in [1.165, 1.54) is 11.1 Å². The second-order valence-electron chi connectivity index (χ2n) is 5.61. The molecule has 0 radical (unpaired) electrons. The van der Waals surface area contributed by atoms with Crippen molar-refractivity contribution in [1.29, 1.82) is 0 Å². The van der Waals surface area contributed by atoms with Gasteiger partial charge in [-0.05, 0) is 43.7 Å². The maximum absolute atomic E-state index is 5.73. The van der Waals surface area contributed by atoms with Crippen molar-refractivity contribution in [3.05, 3.63) is 35.4 Å². The van der Waals surface area contributed by atoms with Gasteiger partial charge in [0.25, 0.3) is 0 Å². The third-order valence-electron chi connectivity index (χ3n) is 4.20. The molecular formula is C17H27NO. The zero-order valence-corrected chi connectivity index (χ0v) is 12.5. The van der Waals surface area contributed by atoms with Crippen LogP contribution in [0.5, 0.6) is 0 Å². The van der Waals surface area contributed by atoms with Crippen LogP contribution >= 0.6 is 0 Å². The molecule has 1 heterocycles. The van der Waals surface area contributed by atoms with E-state index in [1.807, 2.05) is 0 Å². The number of rotatable bonds is 5. The van der Waals surface area contributed by atoms with Crippen molar-refractivity contribution in [2.75, 3.05) is 6.61 Å². The summed E-state index contributed by atoms with van der Waals surface area (Å²) >= 11 is 0. The van der Waals surface area contributed by atoms with Crippen molar-refractivity contribution < 1.29 is 4.74 Å². The Labute approximate surface area is 117 Å². The lowest BCUT2D eigenvalue weighted by Crippen LogP contribution is -2.39. The zero-order chi connectivity index (χ0) is 13.7. The lowest BCUT2D eigenvalue weighted by molar-refractivity contribution is -0.00165. The van der Waals surface area contributed by atoms with Crippen LogP contribution in [0, 0.1) is 0 Å². The molecule has 1 aliphatic rings. The van der Waals surface area contributed by atoms with E-state index in [0.29, 0.717) is 18.2 Å². The monoisotopic (exact) mass is 261 g/mol. The summed E-state index contributed by atoms with van der Waals surface area (Å²) in [5.74, 6) is 0. The van der Waals surface area contributed by atoms with Crippen LogP contribution in [0.1, 0.15) is 57.2 Å². The fraction of sp³-hybridized carbons (Fsp3) is 0.647. The van der Waals surface area contributed by atoms with Crippen LogP contribution < -0.4 is 5.32 Å². The van der Waals surface area contributed by atoms with E-state index in [4.69, 9.17) is 4.74 Å². The highest BCUT2D eigenvalue weighted by molar-refractivity contribution is 5.24. The first kappa shape index (κ1) is 14.5. The van der Waals surface area contributed by atoms with Gasteiger partial charge >= 0.3 is 0 Å². The van der Waals surface area contributed by atoms with Gasteiger partial charge in [0.1, 0.15) is 0 Å². The van der Waals surface area contributed by atoms with Crippen LogP contribution in [0.15, 0.2) is 24.3 Å². The highest BCUT2D eigenvalue weighted by Gasteiger charge is 2.22.